The van der Waals surface area contributed by atoms with Gasteiger partial charge < -0.3 is 4.42 Å². The van der Waals surface area contributed by atoms with Crippen LogP contribution in [0.25, 0.3) is 11.0 Å². The molecule has 1 aromatic heterocycles. The summed E-state index contributed by atoms with van der Waals surface area (Å²) >= 11 is 22.7. The normalized spacial score (nSPS) is 12.0. The number of halogens is 4. The first-order valence-corrected chi connectivity index (χ1v) is 5.70. The highest BCUT2D eigenvalue weighted by Crippen LogP contribution is 2.38. The van der Waals surface area contributed by atoms with Crippen molar-refractivity contribution in [3.05, 3.63) is 45.3 Å². The van der Waals surface area contributed by atoms with Crippen molar-refractivity contribution in [2.24, 2.45) is 0 Å². The van der Waals surface area contributed by atoms with E-state index in [0.717, 1.165) is 6.07 Å². The van der Waals surface area contributed by atoms with E-state index in [2.05, 4.69) is 0 Å². The Labute approximate surface area is 111 Å². The summed E-state index contributed by atoms with van der Waals surface area (Å²) in [7, 11) is 0. The van der Waals surface area contributed by atoms with Crippen LogP contribution in [0.15, 0.2) is 33.5 Å². The topological polar surface area (TPSA) is 30.2 Å². The molecule has 6 heteroatoms. The summed E-state index contributed by atoms with van der Waals surface area (Å²) in [4.78, 5) is 11.7. The maximum absolute atomic E-state index is 11.7. The summed E-state index contributed by atoms with van der Waals surface area (Å²) in [6.45, 7) is 0. The van der Waals surface area contributed by atoms with E-state index in [1.54, 1.807) is 12.1 Å². The third kappa shape index (κ3) is 2.30. The molecule has 16 heavy (non-hydrogen) atoms. The summed E-state index contributed by atoms with van der Waals surface area (Å²) in [6.07, 6.45) is 0. The van der Waals surface area contributed by atoms with Crippen molar-refractivity contribution >= 4 is 57.4 Å². The molecule has 0 saturated heterocycles. The van der Waals surface area contributed by atoms with E-state index in [1.165, 1.54) is 6.07 Å². The quantitative estimate of drug-likeness (QED) is 0.680. The Bertz CT molecular complexity index is 598. The van der Waals surface area contributed by atoms with Crippen molar-refractivity contribution in [2.75, 3.05) is 0 Å². The first-order valence-electron chi connectivity index (χ1n) is 4.18. The molecule has 1 heterocycles. The standard InChI is InChI=1S/C10H4Cl4O2/c11-5-1-2-6-7(15)4-9(10(12,13)14)16-8(6)3-5/h1-4H. The number of rotatable bonds is 0. The molecule has 0 spiro atoms. The molecule has 0 amide bonds. The van der Waals surface area contributed by atoms with E-state index in [-0.39, 0.29) is 11.2 Å². The van der Waals surface area contributed by atoms with Gasteiger partial charge in [0.05, 0.1) is 5.39 Å². The highest BCUT2D eigenvalue weighted by Gasteiger charge is 2.27. The lowest BCUT2D eigenvalue weighted by Gasteiger charge is -2.09. The highest BCUT2D eigenvalue weighted by atomic mass is 35.6. The third-order valence-corrected chi connectivity index (χ3v) is 2.76. The van der Waals surface area contributed by atoms with Crippen LogP contribution in [0.5, 0.6) is 0 Å². The molecule has 0 bridgehead atoms. The van der Waals surface area contributed by atoms with Gasteiger partial charge >= 0.3 is 0 Å². The molecule has 0 fully saturated rings. The van der Waals surface area contributed by atoms with Crippen molar-refractivity contribution in [1.82, 2.24) is 0 Å². The average molecular weight is 298 g/mol. The number of fused-ring (bicyclic) bond motifs is 1. The van der Waals surface area contributed by atoms with Crippen molar-refractivity contribution in [3.8, 4) is 0 Å². The first kappa shape index (κ1) is 12.1. The Hall–Kier alpha value is -0.410. The second-order valence-corrected chi connectivity index (χ2v) is 5.83. The minimum atomic E-state index is -1.77. The minimum absolute atomic E-state index is 0.0303. The van der Waals surface area contributed by atoms with Gasteiger partial charge in [-0.3, -0.25) is 4.79 Å². The molecule has 0 aliphatic carbocycles. The van der Waals surface area contributed by atoms with Gasteiger partial charge in [0, 0.05) is 17.2 Å². The summed E-state index contributed by atoms with van der Waals surface area (Å²) in [5.74, 6) is -0.0303. The lowest BCUT2D eigenvalue weighted by Crippen LogP contribution is -2.08. The van der Waals surface area contributed by atoms with Crippen molar-refractivity contribution in [3.63, 3.8) is 0 Å². The summed E-state index contributed by atoms with van der Waals surface area (Å²) in [6, 6.07) is 5.81. The summed E-state index contributed by atoms with van der Waals surface area (Å²) in [5, 5.41) is 0.833. The molecule has 84 valence electrons. The van der Waals surface area contributed by atoms with E-state index in [0.29, 0.717) is 16.0 Å². The maximum atomic E-state index is 11.7. The molecule has 0 aliphatic heterocycles. The Morgan fingerprint density at radius 3 is 2.44 bits per heavy atom. The van der Waals surface area contributed by atoms with Crippen LogP contribution in [0.1, 0.15) is 5.76 Å². The van der Waals surface area contributed by atoms with Crippen molar-refractivity contribution in [1.29, 1.82) is 0 Å². The Morgan fingerprint density at radius 2 is 1.81 bits per heavy atom. The van der Waals surface area contributed by atoms with Crippen LogP contribution in [-0.2, 0) is 3.79 Å². The predicted octanol–water partition coefficient (Wildman–Crippen LogP) is 4.27. The van der Waals surface area contributed by atoms with Crippen LogP contribution < -0.4 is 5.43 Å². The van der Waals surface area contributed by atoms with E-state index >= 15 is 0 Å². The van der Waals surface area contributed by atoms with Gasteiger partial charge in [0.2, 0.25) is 3.79 Å². The minimum Gasteiger partial charge on any atom is -0.456 e. The van der Waals surface area contributed by atoms with Gasteiger partial charge in [-0.05, 0) is 12.1 Å². The van der Waals surface area contributed by atoms with Gasteiger partial charge in [-0.2, -0.15) is 0 Å². The van der Waals surface area contributed by atoms with Crippen LogP contribution >= 0.6 is 46.4 Å². The van der Waals surface area contributed by atoms with Gasteiger partial charge in [-0.15, -0.1) is 0 Å². The molecule has 2 aromatic rings. The molecule has 1 aromatic carbocycles. The Morgan fingerprint density at radius 1 is 1.12 bits per heavy atom. The SMILES string of the molecule is O=c1cc(C(Cl)(Cl)Cl)oc2cc(Cl)ccc12. The first-order chi connectivity index (χ1) is 7.38. The number of benzene rings is 1. The smallest absolute Gasteiger partial charge is 0.248 e. The van der Waals surface area contributed by atoms with Gasteiger partial charge in [0.15, 0.2) is 11.2 Å². The second-order valence-electron chi connectivity index (χ2n) is 3.11. The van der Waals surface area contributed by atoms with E-state index in [1.807, 2.05) is 0 Å². The molecular formula is C10H4Cl4O2. The van der Waals surface area contributed by atoms with Crippen molar-refractivity contribution < 1.29 is 4.42 Å². The molecule has 0 radical (unpaired) electrons. The summed E-state index contributed by atoms with van der Waals surface area (Å²) in [5.41, 5.74) is 0.0144. The highest BCUT2D eigenvalue weighted by molar-refractivity contribution is 6.66. The maximum Gasteiger partial charge on any atom is 0.248 e. The van der Waals surface area contributed by atoms with Crippen LogP contribution in [-0.4, -0.2) is 0 Å². The predicted molar refractivity (Wildman–Crippen MR) is 66.7 cm³/mol. The van der Waals surface area contributed by atoms with Gasteiger partial charge in [-0.1, -0.05) is 46.4 Å². The van der Waals surface area contributed by atoms with Gasteiger partial charge in [0.1, 0.15) is 5.58 Å². The van der Waals surface area contributed by atoms with E-state index < -0.39 is 3.79 Å². The van der Waals surface area contributed by atoms with Crippen molar-refractivity contribution in [2.45, 2.75) is 3.79 Å². The van der Waals surface area contributed by atoms with Gasteiger partial charge in [-0.25, -0.2) is 0 Å². The average Bonchev–Trinajstić information content (AvgIpc) is 2.15. The number of alkyl halides is 3. The third-order valence-electron chi connectivity index (χ3n) is 1.97. The molecule has 0 N–H and O–H groups in total. The van der Waals surface area contributed by atoms with Crippen LogP contribution in [0.2, 0.25) is 5.02 Å². The largest absolute Gasteiger partial charge is 0.456 e. The molecule has 2 rings (SSSR count). The molecule has 0 unspecified atom stereocenters. The fourth-order valence-corrected chi connectivity index (χ4v) is 1.71. The van der Waals surface area contributed by atoms with Crippen LogP contribution in [0.4, 0.5) is 0 Å². The van der Waals surface area contributed by atoms with Crippen LogP contribution in [0.3, 0.4) is 0 Å². The Balaban J connectivity index is 2.80. The molecular weight excluding hydrogens is 294 g/mol. The molecule has 0 atom stereocenters. The zero-order valence-corrected chi connectivity index (χ0v) is 10.7. The van der Waals surface area contributed by atoms with Gasteiger partial charge in [0.25, 0.3) is 0 Å². The number of hydrogen-bond donors (Lipinski definition) is 0. The monoisotopic (exact) mass is 296 g/mol. The van der Waals surface area contributed by atoms with Crippen LogP contribution in [0, 0.1) is 0 Å². The lowest BCUT2D eigenvalue weighted by molar-refractivity contribution is 0.545. The number of hydrogen-bond acceptors (Lipinski definition) is 2. The molecule has 2 nitrogen and oxygen atoms in total. The molecule has 0 saturated carbocycles. The second kappa shape index (κ2) is 4.11. The lowest BCUT2D eigenvalue weighted by atomic mass is 10.2. The Kier molecular flexibility index (Phi) is 3.10. The fourth-order valence-electron chi connectivity index (χ4n) is 1.27. The summed E-state index contributed by atoms with van der Waals surface area (Å²) < 4.78 is 3.54. The zero-order chi connectivity index (χ0) is 11.9. The molecule has 0 aliphatic rings. The fraction of sp³-hybridized carbons (Fsp3) is 0.100. The van der Waals surface area contributed by atoms with E-state index in [9.17, 15) is 4.79 Å². The zero-order valence-electron chi connectivity index (χ0n) is 7.64. The van der Waals surface area contributed by atoms with E-state index in [4.69, 9.17) is 50.8 Å².